The van der Waals surface area contributed by atoms with Crippen LogP contribution in [-0.4, -0.2) is 29.6 Å². The number of amides is 1. The fraction of sp³-hybridized carbons (Fsp3) is 0.385. The quantitative estimate of drug-likeness (QED) is 0.732. The van der Waals surface area contributed by atoms with Crippen molar-refractivity contribution in [2.45, 2.75) is 24.9 Å². The molecule has 1 aromatic rings. The van der Waals surface area contributed by atoms with Gasteiger partial charge in [-0.2, -0.15) is 0 Å². The van der Waals surface area contributed by atoms with Crippen LogP contribution < -0.4 is 10.6 Å². The number of carboxylic acids is 1. The van der Waals surface area contributed by atoms with Crippen LogP contribution in [0.15, 0.2) is 30.3 Å². The average molecular weight is 248 g/mol. The first-order chi connectivity index (χ1) is 8.68. The van der Waals surface area contributed by atoms with E-state index in [9.17, 15) is 14.7 Å². The van der Waals surface area contributed by atoms with Crippen molar-refractivity contribution >= 4 is 11.9 Å². The number of benzene rings is 1. The summed E-state index contributed by atoms with van der Waals surface area (Å²) in [7, 11) is 0. The van der Waals surface area contributed by atoms with Gasteiger partial charge < -0.3 is 15.7 Å². The first-order valence-electron chi connectivity index (χ1n) is 6.00. The van der Waals surface area contributed by atoms with Crippen LogP contribution in [0.5, 0.6) is 0 Å². The second-order valence-corrected chi connectivity index (χ2v) is 4.34. The molecule has 1 aliphatic heterocycles. The van der Waals surface area contributed by atoms with E-state index in [2.05, 4.69) is 10.6 Å². The van der Waals surface area contributed by atoms with Crippen molar-refractivity contribution in [1.29, 1.82) is 0 Å². The zero-order valence-electron chi connectivity index (χ0n) is 9.93. The lowest BCUT2D eigenvalue weighted by atomic mass is 10.1. The highest BCUT2D eigenvalue weighted by Crippen LogP contribution is 2.14. The number of aliphatic carboxylic acids is 1. The van der Waals surface area contributed by atoms with Crippen LogP contribution in [0.2, 0.25) is 0 Å². The lowest BCUT2D eigenvalue weighted by molar-refractivity contribution is -0.142. The Morgan fingerprint density at radius 3 is 2.61 bits per heavy atom. The molecule has 0 aliphatic carbocycles. The summed E-state index contributed by atoms with van der Waals surface area (Å²) in [6.45, 7) is 0.807. The highest BCUT2D eigenvalue weighted by Gasteiger charge is 2.27. The lowest BCUT2D eigenvalue weighted by Crippen LogP contribution is -2.44. The van der Waals surface area contributed by atoms with E-state index in [1.54, 1.807) is 24.3 Å². The van der Waals surface area contributed by atoms with E-state index in [4.69, 9.17) is 0 Å². The minimum atomic E-state index is -1.05. The van der Waals surface area contributed by atoms with Gasteiger partial charge in [-0.3, -0.25) is 4.79 Å². The van der Waals surface area contributed by atoms with Gasteiger partial charge in [0.15, 0.2) is 6.04 Å². The molecule has 18 heavy (non-hydrogen) atoms. The van der Waals surface area contributed by atoms with Crippen LogP contribution in [-0.2, 0) is 9.59 Å². The molecule has 1 saturated heterocycles. The van der Waals surface area contributed by atoms with Gasteiger partial charge in [0, 0.05) is 0 Å². The van der Waals surface area contributed by atoms with Crippen LogP contribution in [0.1, 0.15) is 24.4 Å². The molecule has 0 spiro atoms. The van der Waals surface area contributed by atoms with Gasteiger partial charge in [-0.25, -0.2) is 4.79 Å². The predicted molar refractivity (Wildman–Crippen MR) is 66.0 cm³/mol. The van der Waals surface area contributed by atoms with Gasteiger partial charge in [0.2, 0.25) is 5.91 Å². The second kappa shape index (κ2) is 5.64. The van der Waals surface area contributed by atoms with Crippen LogP contribution >= 0.6 is 0 Å². The maximum atomic E-state index is 11.9. The Morgan fingerprint density at radius 1 is 1.33 bits per heavy atom. The zero-order valence-corrected chi connectivity index (χ0v) is 9.93. The third-order valence-electron chi connectivity index (χ3n) is 3.04. The number of rotatable bonds is 4. The van der Waals surface area contributed by atoms with Crippen molar-refractivity contribution in [2.24, 2.45) is 0 Å². The zero-order chi connectivity index (χ0) is 13.0. The highest BCUT2D eigenvalue weighted by atomic mass is 16.4. The molecule has 5 nitrogen and oxygen atoms in total. The van der Waals surface area contributed by atoms with Crippen molar-refractivity contribution in [1.82, 2.24) is 10.6 Å². The third kappa shape index (κ3) is 2.87. The maximum Gasteiger partial charge on any atom is 0.330 e. The number of carbonyl (C=O) groups is 2. The molecule has 2 rings (SSSR count). The van der Waals surface area contributed by atoms with Crippen molar-refractivity contribution in [3.05, 3.63) is 35.9 Å². The Hall–Kier alpha value is -1.88. The molecule has 3 N–H and O–H groups in total. The molecule has 1 heterocycles. The topological polar surface area (TPSA) is 78.4 Å². The normalized spacial score (nSPS) is 20.3. The smallest absolute Gasteiger partial charge is 0.330 e. The van der Waals surface area contributed by atoms with Crippen LogP contribution in [0.25, 0.3) is 0 Å². The third-order valence-corrected chi connectivity index (χ3v) is 3.04. The number of hydrogen-bond donors (Lipinski definition) is 3. The summed E-state index contributed by atoms with van der Waals surface area (Å²) in [6.07, 6.45) is 1.70. The standard InChI is InChI=1S/C13H16N2O3/c16-12(10-7-4-8-14-10)15-11(13(17)18)9-5-2-1-3-6-9/h1-3,5-6,10-11,14H,4,7-8H2,(H,15,16)(H,17,18)/t10-,11-/m0/s1. The summed E-state index contributed by atoms with van der Waals surface area (Å²) >= 11 is 0. The molecule has 2 atom stereocenters. The van der Waals surface area contributed by atoms with Gasteiger partial charge in [-0.05, 0) is 24.9 Å². The molecule has 96 valence electrons. The second-order valence-electron chi connectivity index (χ2n) is 4.34. The highest BCUT2D eigenvalue weighted by molar-refractivity contribution is 5.87. The Bertz CT molecular complexity index is 427. The molecule has 0 aromatic heterocycles. The van der Waals surface area contributed by atoms with E-state index in [1.165, 1.54) is 0 Å². The Morgan fingerprint density at radius 2 is 2.06 bits per heavy atom. The van der Waals surface area contributed by atoms with E-state index in [0.29, 0.717) is 5.56 Å². The molecular formula is C13H16N2O3. The molecule has 1 fully saturated rings. The number of nitrogens with one attached hydrogen (secondary N) is 2. The summed E-state index contributed by atoms with van der Waals surface area (Å²) in [5.41, 5.74) is 0.580. The number of carbonyl (C=O) groups excluding carboxylic acids is 1. The van der Waals surface area contributed by atoms with Gasteiger partial charge in [-0.15, -0.1) is 0 Å². The van der Waals surface area contributed by atoms with Gasteiger partial charge in [-0.1, -0.05) is 30.3 Å². The van der Waals surface area contributed by atoms with Crippen LogP contribution in [0.3, 0.4) is 0 Å². The minimum Gasteiger partial charge on any atom is -0.479 e. The lowest BCUT2D eigenvalue weighted by Gasteiger charge is -2.17. The monoisotopic (exact) mass is 248 g/mol. The van der Waals surface area contributed by atoms with E-state index in [-0.39, 0.29) is 11.9 Å². The average Bonchev–Trinajstić information content (AvgIpc) is 2.90. The van der Waals surface area contributed by atoms with E-state index < -0.39 is 12.0 Å². The largest absolute Gasteiger partial charge is 0.479 e. The summed E-state index contributed by atoms with van der Waals surface area (Å²) in [5, 5.41) is 14.8. The summed E-state index contributed by atoms with van der Waals surface area (Å²) in [5.74, 6) is -1.30. The number of hydrogen-bond acceptors (Lipinski definition) is 3. The van der Waals surface area contributed by atoms with Gasteiger partial charge >= 0.3 is 5.97 Å². The Kier molecular flexibility index (Phi) is 3.94. The van der Waals surface area contributed by atoms with Gasteiger partial charge in [0.25, 0.3) is 0 Å². The fourth-order valence-corrected chi connectivity index (χ4v) is 2.08. The molecular weight excluding hydrogens is 232 g/mol. The summed E-state index contributed by atoms with van der Waals surface area (Å²) in [6, 6.07) is 7.46. The minimum absolute atomic E-state index is 0.247. The molecule has 1 aliphatic rings. The molecule has 1 amide bonds. The molecule has 0 bridgehead atoms. The molecule has 1 aromatic carbocycles. The van der Waals surface area contributed by atoms with E-state index in [0.717, 1.165) is 19.4 Å². The van der Waals surface area contributed by atoms with Crippen LogP contribution in [0, 0.1) is 0 Å². The SMILES string of the molecule is O=C(N[C@H](C(=O)O)c1ccccc1)[C@@H]1CCCN1. The molecule has 0 saturated carbocycles. The van der Waals surface area contributed by atoms with Crippen molar-refractivity contribution in [2.75, 3.05) is 6.54 Å². The van der Waals surface area contributed by atoms with E-state index in [1.807, 2.05) is 6.07 Å². The fourth-order valence-electron chi connectivity index (χ4n) is 2.08. The Balaban J connectivity index is 2.07. The van der Waals surface area contributed by atoms with Crippen LogP contribution in [0.4, 0.5) is 0 Å². The molecule has 0 radical (unpaired) electrons. The van der Waals surface area contributed by atoms with Gasteiger partial charge in [0.05, 0.1) is 6.04 Å². The predicted octanol–water partition coefficient (Wildman–Crippen LogP) is 0.680. The first-order valence-corrected chi connectivity index (χ1v) is 6.00. The van der Waals surface area contributed by atoms with Crippen molar-refractivity contribution in [3.8, 4) is 0 Å². The summed E-state index contributed by atoms with van der Waals surface area (Å²) < 4.78 is 0. The first kappa shape index (κ1) is 12.6. The van der Waals surface area contributed by atoms with E-state index >= 15 is 0 Å². The number of carboxylic acid groups (broad SMARTS) is 1. The summed E-state index contributed by atoms with van der Waals surface area (Å²) in [4.78, 5) is 23.1. The maximum absolute atomic E-state index is 11.9. The van der Waals surface area contributed by atoms with Crippen molar-refractivity contribution < 1.29 is 14.7 Å². The molecule has 0 unspecified atom stereocenters. The molecule has 5 heteroatoms. The van der Waals surface area contributed by atoms with Crippen molar-refractivity contribution in [3.63, 3.8) is 0 Å². The Labute approximate surface area is 105 Å². The van der Waals surface area contributed by atoms with Gasteiger partial charge in [0.1, 0.15) is 0 Å².